The summed E-state index contributed by atoms with van der Waals surface area (Å²) >= 11 is 0. The number of aryl methyl sites for hydroxylation is 1. The van der Waals surface area contributed by atoms with Gasteiger partial charge in [-0.05, 0) is 50.1 Å². The highest BCUT2D eigenvalue weighted by Crippen LogP contribution is 2.42. The summed E-state index contributed by atoms with van der Waals surface area (Å²) < 4.78 is 27.8. The third-order valence-electron chi connectivity index (χ3n) is 5.31. The molecular weight excluding hydrogens is 436 g/mol. The number of allylic oxidation sites excluding steroid dienone is 2. The Morgan fingerprint density at radius 3 is 2.44 bits per heavy atom. The molecule has 34 heavy (non-hydrogen) atoms. The number of hydrogen-bond acceptors (Lipinski definition) is 8. The number of esters is 1. The molecule has 0 saturated carbocycles. The van der Waals surface area contributed by atoms with Crippen LogP contribution in [0.15, 0.2) is 65.3 Å². The van der Waals surface area contributed by atoms with Crippen LogP contribution in [-0.4, -0.2) is 32.9 Å². The van der Waals surface area contributed by atoms with Crippen molar-refractivity contribution in [1.29, 1.82) is 5.26 Å². The minimum absolute atomic E-state index is 0.0503. The summed E-state index contributed by atoms with van der Waals surface area (Å²) in [5.74, 6) is 0.647. The van der Waals surface area contributed by atoms with E-state index in [1.54, 1.807) is 32.0 Å². The number of nitrogens with zero attached hydrogens (tertiary/aromatic N) is 1. The van der Waals surface area contributed by atoms with Gasteiger partial charge < -0.3 is 29.4 Å². The molecule has 3 rings (SSSR count). The number of rotatable bonds is 9. The van der Waals surface area contributed by atoms with Crippen LogP contribution in [0.4, 0.5) is 0 Å². The van der Waals surface area contributed by atoms with Gasteiger partial charge in [-0.15, -0.1) is 0 Å². The first kappa shape index (κ1) is 24.5. The fraction of sp³-hybridized carbons (Fsp3) is 0.308. The topological polar surface area (TPSA) is 113 Å². The van der Waals surface area contributed by atoms with E-state index in [1.165, 1.54) is 7.11 Å². The summed E-state index contributed by atoms with van der Waals surface area (Å²) in [6, 6.07) is 15.0. The van der Waals surface area contributed by atoms with Crippen molar-refractivity contribution in [3.05, 3.63) is 76.4 Å². The van der Waals surface area contributed by atoms with Gasteiger partial charge in [0.1, 0.15) is 36.4 Å². The molecule has 2 N–H and O–H groups in total. The second kappa shape index (κ2) is 11.1. The molecule has 1 heterocycles. The fourth-order valence-electron chi connectivity index (χ4n) is 3.69. The van der Waals surface area contributed by atoms with Crippen molar-refractivity contribution in [2.75, 3.05) is 26.9 Å². The lowest BCUT2D eigenvalue weighted by atomic mass is 9.83. The van der Waals surface area contributed by atoms with Gasteiger partial charge in [0.05, 0.1) is 25.2 Å². The van der Waals surface area contributed by atoms with E-state index in [2.05, 4.69) is 6.07 Å². The zero-order valence-corrected chi connectivity index (χ0v) is 19.7. The van der Waals surface area contributed by atoms with Gasteiger partial charge in [0.25, 0.3) is 0 Å². The van der Waals surface area contributed by atoms with Crippen LogP contribution >= 0.6 is 0 Å². The average Bonchev–Trinajstić information content (AvgIpc) is 2.82. The molecule has 1 aliphatic heterocycles. The lowest BCUT2D eigenvalue weighted by molar-refractivity contribution is -0.139. The molecule has 2 aromatic rings. The third kappa shape index (κ3) is 5.26. The first-order chi connectivity index (χ1) is 16.4. The number of ether oxygens (including phenoxy) is 5. The quantitative estimate of drug-likeness (QED) is 0.436. The smallest absolute Gasteiger partial charge is 0.338 e. The molecule has 8 heteroatoms. The normalized spacial score (nSPS) is 15.3. The minimum Gasteiger partial charge on any atom is -0.493 e. The third-order valence-corrected chi connectivity index (χ3v) is 5.31. The number of nitriles is 1. The Bertz CT molecular complexity index is 1160. The maximum atomic E-state index is 12.7. The molecule has 0 spiro atoms. The molecule has 0 fully saturated rings. The highest BCUT2D eigenvalue weighted by Gasteiger charge is 2.36. The molecule has 1 aliphatic rings. The summed E-state index contributed by atoms with van der Waals surface area (Å²) in [7, 11) is 1.52. The van der Waals surface area contributed by atoms with E-state index in [9.17, 15) is 10.1 Å². The predicted molar refractivity (Wildman–Crippen MR) is 125 cm³/mol. The van der Waals surface area contributed by atoms with Crippen molar-refractivity contribution in [2.45, 2.75) is 26.7 Å². The number of benzene rings is 2. The Morgan fingerprint density at radius 2 is 1.79 bits per heavy atom. The zero-order valence-electron chi connectivity index (χ0n) is 19.7. The van der Waals surface area contributed by atoms with Gasteiger partial charge in [0.2, 0.25) is 5.88 Å². The lowest BCUT2D eigenvalue weighted by Crippen LogP contribution is -2.25. The van der Waals surface area contributed by atoms with Gasteiger partial charge in [0, 0.05) is 0 Å². The summed E-state index contributed by atoms with van der Waals surface area (Å²) in [5.41, 5.74) is 7.96. The van der Waals surface area contributed by atoms with Gasteiger partial charge in [-0.3, -0.25) is 0 Å². The maximum Gasteiger partial charge on any atom is 0.338 e. The van der Waals surface area contributed by atoms with E-state index < -0.39 is 11.9 Å². The van der Waals surface area contributed by atoms with Crippen LogP contribution in [0.3, 0.4) is 0 Å². The number of carbonyl (C=O) groups is 1. The van der Waals surface area contributed by atoms with Crippen LogP contribution in [0.2, 0.25) is 0 Å². The molecule has 0 aliphatic carbocycles. The number of hydrogen-bond donors (Lipinski definition) is 1. The molecule has 1 unspecified atom stereocenters. The van der Waals surface area contributed by atoms with Crippen molar-refractivity contribution in [2.24, 2.45) is 5.73 Å². The predicted octanol–water partition coefficient (Wildman–Crippen LogP) is 4.11. The van der Waals surface area contributed by atoms with E-state index in [1.807, 2.05) is 31.2 Å². The monoisotopic (exact) mass is 464 g/mol. The Kier molecular flexibility index (Phi) is 8.04. The van der Waals surface area contributed by atoms with Crippen LogP contribution in [0.5, 0.6) is 17.2 Å². The first-order valence-corrected chi connectivity index (χ1v) is 10.9. The largest absolute Gasteiger partial charge is 0.493 e. The molecule has 0 bridgehead atoms. The van der Waals surface area contributed by atoms with Gasteiger partial charge in [-0.25, -0.2) is 4.79 Å². The van der Waals surface area contributed by atoms with E-state index in [0.717, 1.165) is 11.3 Å². The van der Waals surface area contributed by atoms with Crippen LogP contribution in [0.25, 0.3) is 0 Å². The summed E-state index contributed by atoms with van der Waals surface area (Å²) in [4.78, 5) is 12.7. The minimum atomic E-state index is -0.759. The number of para-hydroxylation sites is 1. The number of nitrogens with two attached hydrogens (primary N) is 1. The van der Waals surface area contributed by atoms with E-state index in [4.69, 9.17) is 29.4 Å². The van der Waals surface area contributed by atoms with Gasteiger partial charge in [-0.1, -0.05) is 24.3 Å². The molecule has 178 valence electrons. The Balaban J connectivity index is 1.83. The Morgan fingerprint density at radius 1 is 1.09 bits per heavy atom. The standard InChI is InChI=1S/C26H28N2O6/c1-5-31-26(29)23-17(3)34-25(28)19(15-27)24(23)18-10-11-21(22(14-18)30-4)33-13-12-32-20-9-7-6-8-16(20)2/h6-11,14,24H,5,12-13,28H2,1-4H3. The highest BCUT2D eigenvalue weighted by atomic mass is 16.5. The second-order valence-electron chi connectivity index (χ2n) is 7.49. The van der Waals surface area contributed by atoms with Crippen LogP contribution in [-0.2, 0) is 14.3 Å². The Labute approximate surface area is 199 Å². The molecule has 0 saturated heterocycles. The fourth-order valence-corrected chi connectivity index (χ4v) is 3.69. The lowest BCUT2D eigenvalue weighted by Gasteiger charge is -2.27. The van der Waals surface area contributed by atoms with Crippen molar-refractivity contribution in [1.82, 2.24) is 0 Å². The van der Waals surface area contributed by atoms with Crippen molar-refractivity contribution in [3.63, 3.8) is 0 Å². The van der Waals surface area contributed by atoms with Gasteiger partial charge in [0.15, 0.2) is 11.5 Å². The molecule has 0 radical (unpaired) electrons. The molecule has 0 aromatic heterocycles. The average molecular weight is 465 g/mol. The summed E-state index contributed by atoms with van der Waals surface area (Å²) in [6.07, 6.45) is 0. The SMILES string of the molecule is CCOC(=O)C1=C(C)OC(N)=C(C#N)C1c1ccc(OCCOc2ccccc2C)c(OC)c1. The molecule has 0 amide bonds. The van der Waals surface area contributed by atoms with E-state index >= 15 is 0 Å². The molecule has 1 atom stereocenters. The molecular formula is C26H28N2O6. The second-order valence-corrected chi connectivity index (χ2v) is 7.49. The maximum absolute atomic E-state index is 12.7. The number of methoxy groups -OCH3 is 1. The molecule has 8 nitrogen and oxygen atoms in total. The van der Waals surface area contributed by atoms with E-state index in [-0.39, 0.29) is 29.4 Å². The molecule has 2 aromatic carbocycles. The van der Waals surface area contributed by atoms with Gasteiger partial charge >= 0.3 is 5.97 Å². The Hall–Kier alpha value is -4.12. The van der Waals surface area contributed by atoms with Crippen LogP contribution < -0.4 is 19.9 Å². The first-order valence-electron chi connectivity index (χ1n) is 10.9. The van der Waals surface area contributed by atoms with Crippen molar-refractivity contribution < 1.29 is 28.5 Å². The van der Waals surface area contributed by atoms with Crippen LogP contribution in [0, 0.1) is 18.3 Å². The number of carbonyl (C=O) groups excluding carboxylic acids is 1. The highest BCUT2D eigenvalue weighted by molar-refractivity contribution is 5.92. The zero-order chi connectivity index (χ0) is 24.7. The summed E-state index contributed by atoms with van der Waals surface area (Å²) in [5, 5.41) is 9.73. The van der Waals surface area contributed by atoms with Crippen LogP contribution in [0.1, 0.15) is 30.9 Å². The van der Waals surface area contributed by atoms with Crippen molar-refractivity contribution >= 4 is 5.97 Å². The van der Waals surface area contributed by atoms with Gasteiger partial charge in [-0.2, -0.15) is 5.26 Å². The summed E-state index contributed by atoms with van der Waals surface area (Å²) in [6.45, 7) is 6.13. The van der Waals surface area contributed by atoms with E-state index in [0.29, 0.717) is 30.3 Å². The van der Waals surface area contributed by atoms with Crippen molar-refractivity contribution in [3.8, 4) is 23.3 Å².